The molecule has 2 N–H and O–H groups in total. The number of anilines is 1. The molecule has 0 bridgehead atoms. The highest BCUT2D eigenvalue weighted by Crippen LogP contribution is 2.40. The summed E-state index contributed by atoms with van der Waals surface area (Å²) in [7, 11) is 0. The first-order chi connectivity index (χ1) is 15.6. The minimum Gasteiger partial charge on any atom is -0.351 e. The van der Waals surface area contributed by atoms with E-state index in [0.717, 1.165) is 42.1 Å². The maximum atomic E-state index is 14.0. The number of aryl methyl sites for hydroxylation is 1. The lowest BCUT2D eigenvalue weighted by molar-refractivity contribution is -0.134. The van der Waals surface area contributed by atoms with Crippen LogP contribution in [0.4, 0.5) is 5.69 Å². The van der Waals surface area contributed by atoms with E-state index in [2.05, 4.69) is 10.6 Å². The number of benzene rings is 1. The van der Waals surface area contributed by atoms with E-state index in [4.69, 9.17) is 0 Å². The number of aromatic nitrogens is 1. The molecule has 0 spiro atoms. The fraction of sp³-hybridized carbons (Fsp3) is 0.577. The van der Waals surface area contributed by atoms with Crippen LogP contribution in [0.25, 0.3) is 10.9 Å². The number of fused-ring (bicyclic) bond motifs is 3. The Labute approximate surface area is 195 Å². The van der Waals surface area contributed by atoms with Crippen molar-refractivity contribution in [2.45, 2.75) is 97.3 Å². The fourth-order valence-electron chi connectivity index (χ4n) is 5.63. The molecule has 1 atom stereocenters. The monoisotopic (exact) mass is 452 g/mol. The van der Waals surface area contributed by atoms with Gasteiger partial charge in [-0.3, -0.25) is 14.4 Å². The van der Waals surface area contributed by atoms with Crippen LogP contribution in [0.1, 0.15) is 82.3 Å². The van der Waals surface area contributed by atoms with E-state index < -0.39 is 5.54 Å². The number of nitrogens with one attached hydrogen (secondary N) is 2. The molecule has 3 amide bonds. The van der Waals surface area contributed by atoms with Crippen LogP contribution in [0.3, 0.4) is 0 Å². The van der Waals surface area contributed by atoms with Gasteiger partial charge in [-0.1, -0.05) is 37.3 Å². The minimum atomic E-state index is -1.03. The molecule has 4 rings (SSSR count). The molecule has 1 fully saturated rings. The molecule has 0 saturated heterocycles. The fourth-order valence-corrected chi connectivity index (χ4v) is 5.63. The molecule has 0 radical (unpaired) electrons. The predicted octanol–water partition coefficient (Wildman–Crippen LogP) is 4.37. The van der Waals surface area contributed by atoms with Crippen molar-refractivity contribution in [2.24, 2.45) is 0 Å². The molecule has 1 aromatic carbocycles. The zero-order chi connectivity index (χ0) is 23.9. The second-order valence-electron chi connectivity index (χ2n) is 10.2. The Morgan fingerprint density at radius 2 is 1.79 bits per heavy atom. The maximum Gasteiger partial charge on any atom is 0.273 e. The first kappa shape index (κ1) is 23.3. The summed E-state index contributed by atoms with van der Waals surface area (Å²) in [5.74, 6) is -0.556. The van der Waals surface area contributed by atoms with Crippen molar-refractivity contribution in [1.29, 1.82) is 0 Å². The highest BCUT2D eigenvalue weighted by Gasteiger charge is 2.50. The zero-order valence-corrected chi connectivity index (χ0v) is 20.5. The molecule has 7 nitrogen and oxygen atoms in total. The number of carbonyl (C=O) groups excluding carboxylic acids is 3. The molecule has 7 heteroatoms. The van der Waals surface area contributed by atoms with Crippen LogP contribution in [-0.2, 0) is 16.1 Å². The van der Waals surface area contributed by atoms with E-state index in [1.54, 1.807) is 4.90 Å². The third kappa shape index (κ3) is 4.13. The van der Waals surface area contributed by atoms with Crippen LogP contribution in [0.2, 0.25) is 0 Å². The van der Waals surface area contributed by atoms with Gasteiger partial charge in [-0.25, -0.2) is 0 Å². The van der Waals surface area contributed by atoms with Crippen molar-refractivity contribution < 1.29 is 14.4 Å². The third-order valence-electron chi connectivity index (χ3n) is 7.13. The number of rotatable bonds is 4. The zero-order valence-electron chi connectivity index (χ0n) is 20.5. The second-order valence-corrected chi connectivity index (χ2v) is 10.2. The van der Waals surface area contributed by atoms with E-state index in [-0.39, 0.29) is 29.8 Å². The molecule has 1 aliphatic carbocycles. The maximum absolute atomic E-state index is 14.0. The molecule has 1 saturated carbocycles. The van der Waals surface area contributed by atoms with Crippen LogP contribution >= 0.6 is 0 Å². The van der Waals surface area contributed by atoms with E-state index >= 15 is 0 Å². The molecule has 1 aliphatic heterocycles. The molecule has 33 heavy (non-hydrogen) atoms. The van der Waals surface area contributed by atoms with Crippen LogP contribution in [0.5, 0.6) is 0 Å². The Morgan fingerprint density at radius 3 is 2.39 bits per heavy atom. The Morgan fingerprint density at radius 1 is 1.12 bits per heavy atom. The molecule has 1 aromatic heterocycles. The van der Waals surface area contributed by atoms with Gasteiger partial charge in [0.1, 0.15) is 11.2 Å². The van der Waals surface area contributed by atoms with Crippen LogP contribution in [0, 0.1) is 6.92 Å². The first-order valence-corrected chi connectivity index (χ1v) is 12.2. The van der Waals surface area contributed by atoms with E-state index in [1.165, 1.54) is 19.8 Å². The van der Waals surface area contributed by atoms with Crippen molar-refractivity contribution in [3.05, 3.63) is 29.5 Å². The normalized spacial score (nSPS) is 21.8. The standard InChI is InChI=1S/C26H36N4O3/c1-16(2)30-24(32)23-22(27-18(4)31)20-14-17(3)12-13-21(20)29(23)15-26(30,5)25(33)28-19-10-8-6-7-9-11-19/h12-14,16,19H,6-11,15H2,1-5H3,(H,27,31)(H,28,33). The van der Waals surface area contributed by atoms with Gasteiger partial charge < -0.3 is 20.1 Å². The Balaban J connectivity index is 1.81. The summed E-state index contributed by atoms with van der Waals surface area (Å²) < 4.78 is 1.92. The summed E-state index contributed by atoms with van der Waals surface area (Å²) in [6.45, 7) is 9.52. The Hall–Kier alpha value is -2.83. The molecular weight excluding hydrogens is 416 g/mol. The molecule has 2 aromatic rings. The lowest BCUT2D eigenvalue weighted by atomic mass is 9.92. The lowest BCUT2D eigenvalue weighted by Crippen LogP contribution is -2.66. The smallest absolute Gasteiger partial charge is 0.273 e. The van der Waals surface area contributed by atoms with Crippen molar-refractivity contribution in [2.75, 3.05) is 5.32 Å². The van der Waals surface area contributed by atoms with Gasteiger partial charge in [0.2, 0.25) is 11.8 Å². The van der Waals surface area contributed by atoms with Gasteiger partial charge in [-0.15, -0.1) is 0 Å². The Kier molecular flexibility index (Phi) is 6.25. The van der Waals surface area contributed by atoms with E-state index in [1.807, 2.05) is 50.5 Å². The van der Waals surface area contributed by atoms with Crippen LogP contribution in [0.15, 0.2) is 18.2 Å². The average Bonchev–Trinajstić information content (AvgIpc) is 2.88. The number of hydrogen-bond donors (Lipinski definition) is 2. The van der Waals surface area contributed by atoms with E-state index in [9.17, 15) is 14.4 Å². The summed E-state index contributed by atoms with van der Waals surface area (Å²) in [5, 5.41) is 7.00. The predicted molar refractivity (Wildman–Crippen MR) is 130 cm³/mol. The molecule has 2 aliphatic rings. The molecule has 2 heterocycles. The van der Waals surface area contributed by atoms with Gasteiger partial charge >= 0.3 is 0 Å². The summed E-state index contributed by atoms with van der Waals surface area (Å²) in [4.78, 5) is 41.4. The molecule has 1 unspecified atom stereocenters. The van der Waals surface area contributed by atoms with Crippen molar-refractivity contribution >= 4 is 34.3 Å². The Bertz CT molecular complexity index is 1090. The van der Waals surface area contributed by atoms with Gasteiger partial charge in [0.25, 0.3) is 5.91 Å². The largest absolute Gasteiger partial charge is 0.351 e. The van der Waals surface area contributed by atoms with Crippen LogP contribution < -0.4 is 10.6 Å². The quantitative estimate of drug-likeness (QED) is 0.676. The third-order valence-corrected chi connectivity index (χ3v) is 7.13. The van der Waals surface area contributed by atoms with Gasteiger partial charge in [-0.05, 0) is 52.7 Å². The van der Waals surface area contributed by atoms with Gasteiger partial charge in [0.15, 0.2) is 0 Å². The molecular formula is C26H36N4O3. The average molecular weight is 453 g/mol. The number of hydrogen-bond acceptors (Lipinski definition) is 3. The minimum absolute atomic E-state index is 0.0999. The summed E-state index contributed by atoms with van der Waals surface area (Å²) in [6.07, 6.45) is 6.65. The van der Waals surface area contributed by atoms with Gasteiger partial charge in [0.05, 0.1) is 17.7 Å². The summed E-state index contributed by atoms with van der Waals surface area (Å²) in [6, 6.07) is 5.93. The van der Waals surface area contributed by atoms with Gasteiger partial charge in [0, 0.05) is 24.4 Å². The van der Waals surface area contributed by atoms with Crippen molar-refractivity contribution in [1.82, 2.24) is 14.8 Å². The van der Waals surface area contributed by atoms with Crippen molar-refractivity contribution in [3.63, 3.8) is 0 Å². The first-order valence-electron chi connectivity index (χ1n) is 12.2. The highest BCUT2D eigenvalue weighted by molar-refractivity contribution is 6.14. The topological polar surface area (TPSA) is 83.4 Å². The SMILES string of the molecule is CC(=O)Nc1c2n(c3ccc(C)cc13)CC(C)(C(=O)NC1CCCCCC1)N(C(C)C)C2=O. The van der Waals surface area contributed by atoms with E-state index in [0.29, 0.717) is 17.9 Å². The lowest BCUT2D eigenvalue weighted by Gasteiger charge is -2.47. The number of amides is 3. The molecule has 178 valence electrons. The number of nitrogens with zero attached hydrogens (tertiary/aromatic N) is 2. The van der Waals surface area contributed by atoms with Gasteiger partial charge in [-0.2, -0.15) is 0 Å². The highest BCUT2D eigenvalue weighted by atomic mass is 16.2. The van der Waals surface area contributed by atoms with Crippen molar-refractivity contribution in [3.8, 4) is 0 Å². The summed E-state index contributed by atoms with van der Waals surface area (Å²) >= 11 is 0. The summed E-state index contributed by atoms with van der Waals surface area (Å²) in [5.41, 5.74) is 1.83. The van der Waals surface area contributed by atoms with Crippen LogP contribution in [-0.4, -0.2) is 44.8 Å². The second kappa shape index (κ2) is 8.84. The number of carbonyl (C=O) groups is 3.